The highest BCUT2D eigenvalue weighted by Gasteiger charge is 2.46. The highest BCUT2D eigenvalue weighted by Crippen LogP contribution is 2.54. The van der Waals surface area contributed by atoms with Gasteiger partial charge in [-0.05, 0) is 62.8 Å². The van der Waals surface area contributed by atoms with Crippen molar-refractivity contribution in [1.29, 1.82) is 0 Å². The lowest BCUT2D eigenvalue weighted by Crippen LogP contribution is -2.45. The highest BCUT2D eigenvalue weighted by atomic mass is 16.5. The van der Waals surface area contributed by atoms with Gasteiger partial charge in [0, 0.05) is 24.3 Å². The van der Waals surface area contributed by atoms with Crippen molar-refractivity contribution < 1.29 is 19.1 Å². The van der Waals surface area contributed by atoms with Gasteiger partial charge in [0.2, 0.25) is 0 Å². The Morgan fingerprint density at radius 1 is 1.33 bits per heavy atom. The minimum Gasteiger partial charge on any atom is -0.487 e. The van der Waals surface area contributed by atoms with Crippen LogP contribution in [-0.2, 0) is 16.0 Å². The second-order valence-corrected chi connectivity index (χ2v) is 8.31. The van der Waals surface area contributed by atoms with Gasteiger partial charge in [-0.1, -0.05) is 25.8 Å². The minimum atomic E-state index is -0.335. The molecule has 27 heavy (non-hydrogen) atoms. The predicted molar refractivity (Wildman–Crippen MR) is 105 cm³/mol. The maximum atomic E-state index is 11.7. The number of esters is 1. The average Bonchev–Trinajstić information content (AvgIpc) is 2.60. The molecule has 0 saturated carbocycles. The topological polar surface area (TPSA) is 52.6 Å². The summed E-state index contributed by atoms with van der Waals surface area (Å²) in [7, 11) is 0. The third-order valence-electron chi connectivity index (χ3n) is 5.85. The Bertz CT molecular complexity index is 760. The van der Waals surface area contributed by atoms with Gasteiger partial charge in [0.15, 0.2) is 0 Å². The van der Waals surface area contributed by atoms with E-state index in [2.05, 4.69) is 26.8 Å². The summed E-state index contributed by atoms with van der Waals surface area (Å²) >= 11 is 0. The predicted octanol–water partition coefficient (Wildman–Crippen LogP) is 5.13. The lowest BCUT2D eigenvalue weighted by Gasteiger charge is -2.47. The summed E-state index contributed by atoms with van der Waals surface area (Å²) in [4.78, 5) is 23.1. The van der Waals surface area contributed by atoms with E-state index in [1.165, 1.54) is 13.3 Å². The van der Waals surface area contributed by atoms with Gasteiger partial charge in [-0.15, -0.1) is 0 Å². The summed E-state index contributed by atoms with van der Waals surface area (Å²) < 4.78 is 12.0. The van der Waals surface area contributed by atoms with Crippen LogP contribution >= 0.6 is 0 Å². The molecule has 0 fully saturated rings. The number of aryl methyl sites for hydroxylation is 1. The number of hydrogen-bond acceptors (Lipinski definition) is 4. The van der Waals surface area contributed by atoms with Crippen molar-refractivity contribution in [1.82, 2.24) is 0 Å². The molecule has 0 N–H and O–H groups in total. The Balaban J connectivity index is 2.06. The molecule has 4 heteroatoms. The van der Waals surface area contributed by atoms with Crippen molar-refractivity contribution in [2.24, 2.45) is 5.92 Å². The number of unbranched alkanes of at least 4 members (excludes halogenated alkanes) is 2. The highest BCUT2D eigenvalue weighted by molar-refractivity contribution is 5.75. The number of rotatable bonds is 6. The van der Waals surface area contributed by atoms with Crippen LogP contribution in [0, 0.1) is 5.92 Å². The first-order valence-corrected chi connectivity index (χ1v) is 10.0. The molecule has 0 saturated heterocycles. The summed E-state index contributed by atoms with van der Waals surface area (Å²) in [5, 5.41) is 0. The van der Waals surface area contributed by atoms with E-state index < -0.39 is 0 Å². The fourth-order valence-corrected chi connectivity index (χ4v) is 4.52. The van der Waals surface area contributed by atoms with Gasteiger partial charge in [0.05, 0.1) is 0 Å². The SMILES string of the molecule is CCCCCc1cc(OC(C)=O)c2c(c1)OC(C)(C)[C@@H]1CC=C(C=O)CC21. The van der Waals surface area contributed by atoms with Crippen LogP contribution in [0.1, 0.15) is 76.8 Å². The van der Waals surface area contributed by atoms with Crippen LogP contribution in [0.25, 0.3) is 0 Å². The Morgan fingerprint density at radius 3 is 2.78 bits per heavy atom. The monoisotopic (exact) mass is 370 g/mol. The maximum Gasteiger partial charge on any atom is 0.308 e. The Morgan fingerprint density at radius 2 is 2.11 bits per heavy atom. The molecule has 0 aromatic heterocycles. The van der Waals surface area contributed by atoms with Crippen molar-refractivity contribution in [2.75, 3.05) is 0 Å². The lowest BCUT2D eigenvalue weighted by atomic mass is 9.67. The van der Waals surface area contributed by atoms with Crippen LogP contribution in [0.2, 0.25) is 0 Å². The lowest BCUT2D eigenvalue weighted by molar-refractivity contribution is -0.132. The molecule has 4 nitrogen and oxygen atoms in total. The molecule has 1 aliphatic carbocycles. The second kappa shape index (κ2) is 7.87. The van der Waals surface area contributed by atoms with Crippen molar-refractivity contribution in [2.45, 2.75) is 77.7 Å². The van der Waals surface area contributed by atoms with Gasteiger partial charge in [-0.3, -0.25) is 9.59 Å². The van der Waals surface area contributed by atoms with Crippen LogP contribution in [0.4, 0.5) is 0 Å². The van der Waals surface area contributed by atoms with Gasteiger partial charge in [0.1, 0.15) is 23.4 Å². The molecule has 2 aliphatic rings. The normalized spacial score (nSPS) is 22.7. The number of carbonyl (C=O) groups excluding carboxylic acids is 2. The first kappa shape index (κ1) is 19.7. The van der Waals surface area contributed by atoms with E-state index in [0.29, 0.717) is 12.2 Å². The first-order valence-electron chi connectivity index (χ1n) is 10.0. The van der Waals surface area contributed by atoms with Gasteiger partial charge >= 0.3 is 5.97 Å². The molecule has 1 aromatic rings. The first-order chi connectivity index (χ1) is 12.9. The van der Waals surface area contributed by atoms with Crippen molar-refractivity contribution in [3.63, 3.8) is 0 Å². The van der Waals surface area contributed by atoms with E-state index >= 15 is 0 Å². The summed E-state index contributed by atoms with van der Waals surface area (Å²) in [5.74, 6) is 1.44. The smallest absolute Gasteiger partial charge is 0.308 e. The summed E-state index contributed by atoms with van der Waals surface area (Å²) in [5.41, 5.74) is 2.56. The van der Waals surface area contributed by atoms with Crippen molar-refractivity contribution in [3.05, 3.63) is 34.9 Å². The third-order valence-corrected chi connectivity index (χ3v) is 5.85. The molecule has 1 unspecified atom stereocenters. The van der Waals surface area contributed by atoms with Crippen LogP contribution in [-0.4, -0.2) is 17.9 Å². The molecule has 0 amide bonds. The van der Waals surface area contributed by atoms with Crippen molar-refractivity contribution >= 4 is 12.3 Å². The fourth-order valence-electron chi connectivity index (χ4n) is 4.52. The van der Waals surface area contributed by atoms with Crippen LogP contribution in [0.15, 0.2) is 23.8 Å². The minimum absolute atomic E-state index is 0.119. The van der Waals surface area contributed by atoms with E-state index in [1.54, 1.807) is 0 Å². The Labute approximate surface area is 161 Å². The molecular weight excluding hydrogens is 340 g/mol. The zero-order chi connectivity index (χ0) is 19.6. The van der Waals surface area contributed by atoms with Gasteiger partial charge in [-0.25, -0.2) is 0 Å². The third kappa shape index (κ3) is 4.10. The summed E-state index contributed by atoms with van der Waals surface area (Å²) in [6.07, 6.45) is 8.80. The van der Waals surface area contributed by atoms with Crippen LogP contribution < -0.4 is 9.47 Å². The second-order valence-electron chi connectivity index (χ2n) is 8.31. The van der Waals surface area contributed by atoms with Crippen LogP contribution in [0.5, 0.6) is 11.5 Å². The number of fused-ring (bicyclic) bond motifs is 3. The maximum absolute atomic E-state index is 11.7. The Hall–Kier alpha value is -2.10. The zero-order valence-electron chi connectivity index (χ0n) is 16.8. The molecule has 1 heterocycles. The van der Waals surface area contributed by atoms with E-state index in [4.69, 9.17) is 9.47 Å². The molecule has 146 valence electrons. The molecule has 1 aromatic carbocycles. The standard InChI is InChI=1S/C23H30O4/c1-5-6-7-8-16-12-20(26-15(2)25)22-18-11-17(14-24)9-10-19(18)23(3,4)27-21(22)13-16/h9,12-14,18-19H,5-8,10-11H2,1-4H3/t18?,19-/m1/s1. The van der Waals surface area contributed by atoms with Gasteiger partial charge in [0.25, 0.3) is 0 Å². The fraction of sp³-hybridized carbons (Fsp3) is 0.565. The molecule has 0 radical (unpaired) electrons. The van der Waals surface area contributed by atoms with E-state index in [9.17, 15) is 9.59 Å². The molecule has 1 aliphatic heterocycles. The number of benzene rings is 1. The number of carbonyl (C=O) groups is 2. The molecule has 0 bridgehead atoms. The average molecular weight is 370 g/mol. The quantitative estimate of drug-likeness (QED) is 0.301. The van der Waals surface area contributed by atoms with Crippen molar-refractivity contribution in [3.8, 4) is 11.5 Å². The molecule has 2 atom stereocenters. The van der Waals surface area contributed by atoms with Gasteiger partial charge in [-0.2, -0.15) is 0 Å². The number of ether oxygens (including phenoxy) is 2. The van der Waals surface area contributed by atoms with E-state index in [0.717, 1.165) is 54.4 Å². The molecular formula is C23H30O4. The van der Waals surface area contributed by atoms with E-state index in [-0.39, 0.29) is 23.4 Å². The number of aldehydes is 1. The summed E-state index contributed by atoms with van der Waals surface area (Å²) in [6.45, 7) is 7.84. The zero-order valence-corrected chi connectivity index (χ0v) is 16.8. The largest absolute Gasteiger partial charge is 0.487 e. The molecule has 0 spiro atoms. The number of allylic oxidation sites excluding steroid dienone is 2. The van der Waals surface area contributed by atoms with E-state index in [1.807, 2.05) is 12.1 Å². The summed E-state index contributed by atoms with van der Waals surface area (Å²) in [6, 6.07) is 4.10. The molecule has 3 rings (SSSR count). The number of hydrogen-bond donors (Lipinski definition) is 0. The van der Waals surface area contributed by atoms with Gasteiger partial charge < -0.3 is 9.47 Å². The van der Waals surface area contributed by atoms with Crippen LogP contribution in [0.3, 0.4) is 0 Å². The Kier molecular flexibility index (Phi) is 5.73.